The van der Waals surface area contributed by atoms with Gasteiger partial charge in [-0.3, -0.25) is 0 Å². The maximum atomic E-state index is 5.58. The second-order valence-corrected chi connectivity index (χ2v) is 5.42. The zero-order valence-electron chi connectivity index (χ0n) is 10.5. The molecular weight excluding hydrogens is 188 g/mol. The zero-order valence-corrected chi connectivity index (χ0v) is 10.5. The van der Waals surface area contributed by atoms with Crippen molar-refractivity contribution in [2.45, 2.75) is 45.8 Å². The molecule has 0 heterocycles. The van der Waals surface area contributed by atoms with E-state index in [0.717, 1.165) is 19.5 Å². The van der Waals surface area contributed by atoms with Gasteiger partial charge in [-0.25, -0.2) is 0 Å². The van der Waals surface area contributed by atoms with Crippen molar-refractivity contribution in [3.63, 3.8) is 0 Å². The molecule has 1 aliphatic rings. The van der Waals surface area contributed by atoms with Crippen LogP contribution in [-0.4, -0.2) is 32.3 Å². The summed E-state index contributed by atoms with van der Waals surface area (Å²) in [6.07, 6.45) is 2.73. The lowest BCUT2D eigenvalue weighted by atomic mass is 9.64. The van der Waals surface area contributed by atoms with Crippen LogP contribution >= 0.6 is 0 Å². The molecule has 0 saturated heterocycles. The van der Waals surface area contributed by atoms with E-state index in [0.29, 0.717) is 18.1 Å². The third kappa shape index (κ3) is 2.92. The second-order valence-electron chi connectivity index (χ2n) is 5.42. The predicted molar refractivity (Wildman–Crippen MR) is 63.8 cm³/mol. The molecule has 3 heteroatoms. The Balaban J connectivity index is 2.19. The number of nitrogens with two attached hydrogens (primary N) is 1. The molecule has 1 rings (SSSR count). The van der Waals surface area contributed by atoms with E-state index in [1.807, 2.05) is 0 Å². The van der Waals surface area contributed by atoms with Crippen LogP contribution in [0.25, 0.3) is 0 Å². The third-order valence-electron chi connectivity index (χ3n) is 3.89. The van der Waals surface area contributed by atoms with Gasteiger partial charge >= 0.3 is 0 Å². The molecule has 0 amide bonds. The number of rotatable bonds is 6. The van der Waals surface area contributed by atoms with Gasteiger partial charge < -0.3 is 15.8 Å². The number of nitrogens with one attached hydrogen (secondary N) is 1. The van der Waals surface area contributed by atoms with E-state index in [1.54, 1.807) is 7.11 Å². The van der Waals surface area contributed by atoms with Crippen LogP contribution in [0.15, 0.2) is 0 Å². The Morgan fingerprint density at radius 2 is 2.20 bits per heavy atom. The molecule has 0 bridgehead atoms. The van der Waals surface area contributed by atoms with Crippen molar-refractivity contribution >= 4 is 0 Å². The average molecular weight is 214 g/mol. The van der Waals surface area contributed by atoms with E-state index in [9.17, 15) is 0 Å². The van der Waals surface area contributed by atoms with Crippen LogP contribution in [0.3, 0.4) is 0 Å². The van der Waals surface area contributed by atoms with Crippen molar-refractivity contribution in [1.82, 2.24) is 5.32 Å². The van der Waals surface area contributed by atoms with Crippen LogP contribution < -0.4 is 11.1 Å². The smallest absolute Gasteiger partial charge is 0.0652 e. The largest absolute Gasteiger partial charge is 0.381 e. The Morgan fingerprint density at radius 3 is 2.67 bits per heavy atom. The fourth-order valence-corrected chi connectivity index (χ4v) is 2.25. The van der Waals surface area contributed by atoms with Gasteiger partial charge in [-0.15, -0.1) is 0 Å². The molecule has 0 aromatic rings. The van der Waals surface area contributed by atoms with Crippen LogP contribution in [-0.2, 0) is 4.74 Å². The summed E-state index contributed by atoms with van der Waals surface area (Å²) in [5, 5.41) is 3.60. The van der Waals surface area contributed by atoms with Gasteiger partial charge in [-0.2, -0.15) is 0 Å². The lowest BCUT2D eigenvalue weighted by molar-refractivity contribution is -0.0974. The summed E-state index contributed by atoms with van der Waals surface area (Å²) < 4.78 is 5.42. The van der Waals surface area contributed by atoms with Gasteiger partial charge in [0.1, 0.15) is 0 Å². The monoisotopic (exact) mass is 214 g/mol. The molecule has 90 valence electrons. The Hall–Kier alpha value is -0.120. The summed E-state index contributed by atoms with van der Waals surface area (Å²) in [5.41, 5.74) is 5.86. The molecule has 3 unspecified atom stereocenters. The number of hydrogen-bond acceptors (Lipinski definition) is 3. The number of methoxy groups -OCH3 is 1. The zero-order chi connectivity index (χ0) is 11.5. The first kappa shape index (κ1) is 12.9. The lowest BCUT2D eigenvalue weighted by Gasteiger charge is -2.51. The molecule has 0 aromatic carbocycles. The van der Waals surface area contributed by atoms with E-state index in [2.05, 4.69) is 26.1 Å². The van der Waals surface area contributed by atoms with Crippen molar-refractivity contribution in [2.24, 2.45) is 17.1 Å². The minimum atomic E-state index is 0.278. The minimum Gasteiger partial charge on any atom is -0.381 e. The van der Waals surface area contributed by atoms with E-state index in [1.165, 1.54) is 6.42 Å². The fraction of sp³-hybridized carbons (Fsp3) is 1.00. The Bertz CT molecular complexity index is 194. The summed E-state index contributed by atoms with van der Waals surface area (Å²) >= 11 is 0. The maximum absolute atomic E-state index is 5.58. The van der Waals surface area contributed by atoms with Gasteiger partial charge in [0.15, 0.2) is 0 Å². The summed E-state index contributed by atoms with van der Waals surface area (Å²) in [5.74, 6) is 0.624. The molecule has 3 atom stereocenters. The van der Waals surface area contributed by atoms with E-state index < -0.39 is 0 Å². The average Bonchev–Trinajstić information content (AvgIpc) is 2.21. The molecule has 1 saturated carbocycles. The van der Waals surface area contributed by atoms with Crippen LogP contribution in [0.5, 0.6) is 0 Å². The van der Waals surface area contributed by atoms with Gasteiger partial charge in [0.25, 0.3) is 0 Å². The van der Waals surface area contributed by atoms with Crippen LogP contribution in [0.2, 0.25) is 0 Å². The first-order valence-corrected chi connectivity index (χ1v) is 5.98. The first-order valence-electron chi connectivity index (χ1n) is 5.98. The van der Waals surface area contributed by atoms with Gasteiger partial charge in [0.05, 0.1) is 6.10 Å². The van der Waals surface area contributed by atoms with Gasteiger partial charge in [-0.1, -0.05) is 20.8 Å². The molecule has 1 fully saturated rings. The molecule has 0 radical (unpaired) electrons. The SMILES string of the molecule is COC1CC(NCCC(C)CN)C1(C)C. The van der Waals surface area contributed by atoms with Crippen LogP contribution in [0.1, 0.15) is 33.6 Å². The molecule has 15 heavy (non-hydrogen) atoms. The van der Waals surface area contributed by atoms with Crippen molar-refractivity contribution < 1.29 is 4.74 Å². The number of hydrogen-bond donors (Lipinski definition) is 2. The molecule has 0 aliphatic heterocycles. The van der Waals surface area contributed by atoms with E-state index in [4.69, 9.17) is 10.5 Å². The molecule has 3 nitrogen and oxygen atoms in total. The van der Waals surface area contributed by atoms with E-state index in [-0.39, 0.29) is 5.41 Å². The van der Waals surface area contributed by atoms with Gasteiger partial charge in [0.2, 0.25) is 0 Å². The summed E-state index contributed by atoms with van der Waals surface area (Å²) in [7, 11) is 1.80. The first-order chi connectivity index (χ1) is 7.02. The summed E-state index contributed by atoms with van der Waals surface area (Å²) in [6, 6.07) is 0.604. The van der Waals surface area contributed by atoms with Crippen molar-refractivity contribution in [2.75, 3.05) is 20.2 Å². The van der Waals surface area contributed by atoms with Gasteiger partial charge in [-0.05, 0) is 31.8 Å². The highest BCUT2D eigenvalue weighted by molar-refractivity contribution is 5.02. The highest BCUT2D eigenvalue weighted by Crippen LogP contribution is 2.42. The number of ether oxygens (including phenoxy) is 1. The van der Waals surface area contributed by atoms with Gasteiger partial charge in [0, 0.05) is 18.6 Å². The van der Waals surface area contributed by atoms with E-state index >= 15 is 0 Å². The molecule has 0 spiro atoms. The Labute approximate surface area is 93.8 Å². The molecule has 1 aliphatic carbocycles. The maximum Gasteiger partial charge on any atom is 0.0652 e. The quantitative estimate of drug-likeness (QED) is 0.702. The molecule has 0 aromatic heterocycles. The topological polar surface area (TPSA) is 47.3 Å². The fourth-order valence-electron chi connectivity index (χ4n) is 2.25. The highest BCUT2D eigenvalue weighted by Gasteiger charge is 2.47. The van der Waals surface area contributed by atoms with Crippen molar-refractivity contribution in [1.29, 1.82) is 0 Å². The van der Waals surface area contributed by atoms with Crippen molar-refractivity contribution in [3.8, 4) is 0 Å². The summed E-state index contributed by atoms with van der Waals surface area (Å²) in [4.78, 5) is 0. The van der Waals surface area contributed by atoms with Crippen molar-refractivity contribution in [3.05, 3.63) is 0 Å². The Kier molecular flexibility index (Phi) is 4.56. The lowest BCUT2D eigenvalue weighted by Crippen LogP contribution is -2.60. The minimum absolute atomic E-state index is 0.278. The molecular formula is C12H26N2O. The highest BCUT2D eigenvalue weighted by atomic mass is 16.5. The molecule has 3 N–H and O–H groups in total. The third-order valence-corrected chi connectivity index (χ3v) is 3.89. The Morgan fingerprint density at radius 1 is 1.53 bits per heavy atom. The van der Waals surface area contributed by atoms with Crippen LogP contribution in [0, 0.1) is 11.3 Å². The predicted octanol–water partition coefficient (Wildman–Crippen LogP) is 1.37. The summed E-state index contributed by atoms with van der Waals surface area (Å²) in [6.45, 7) is 8.61. The second kappa shape index (κ2) is 5.28. The standard InChI is InChI=1S/C12H26N2O/c1-9(8-13)5-6-14-10-7-11(15-4)12(10,2)3/h9-11,14H,5-8,13H2,1-4H3. The van der Waals surface area contributed by atoms with Crippen LogP contribution in [0.4, 0.5) is 0 Å². The normalized spacial score (nSPS) is 31.0.